The standard InChI is InChI=1S/C20H14F6N4O/c21-19(22,23)12-1-3-14(4-2-12)31-18-15-6-8-30(10-16(15)28-11-29-18)13-5-7-27-17(9-13)20(24,25)26/h1-5,7,9,11H,6,8,10H2. The van der Waals surface area contributed by atoms with Crippen molar-refractivity contribution in [3.8, 4) is 11.6 Å². The molecule has 0 spiro atoms. The number of anilines is 1. The molecule has 2 aromatic heterocycles. The van der Waals surface area contributed by atoms with Crippen molar-refractivity contribution in [1.82, 2.24) is 15.0 Å². The molecule has 31 heavy (non-hydrogen) atoms. The van der Waals surface area contributed by atoms with E-state index in [2.05, 4.69) is 15.0 Å². The average Bonchev–Trinajstić information content (AvgIpc) is 2.73. The molecule has 5 nitrogen and oxygen atoms in total. The third kappa shape index (κ3) is 4.54. The number of nitrogens with zero attached hydrogens (tertiary/aromatic N) is 4. The second-order valence-corrected chi connectivity index (χ2v) is 6.80. The van der Waals surface area contributed by atoms with Gasteiger partial charge in [0.2, 0.25) is 5.88 Å². The maximum absolute atomic E-state index is 12.9. The molecule has 1 aliphatic heterocycles. The Morgan fingerprint density at radius 2 is 1.61 bits per heavy atom. The third-order valence-electron chi connectivity index (χ3n) is 4.76. The fourth-order valence-electron chi connectivity index (χ4n) is 3.23. The van der Waals surface area contributed by atoms with Crippen molar-refractivity contribution in [2.45, 2.75) is 25.3 Å². The molecule has 0 unspecified atom stereocenters. The van der Waals surface area contributed by atoms with E-state index in [0.717, 1.165) is 24.4 Å². The number of halogens is 6. The monoisotopic (exact) mass is 440 g/mol. The molecular weight excluding hydrogens is 426 g/mol. The summed E-state index contributed by atoms with van der Waals surface area (Å²) in [6, 6.07) is 6.68. The van der Waals surface area contributed by atoms with Gasteiger partial charge in [-0.15, -0.1) is 0 Å². The van der Waals surface area contributed by atoms with Crippen LogP contribution in [-0.2, 0) is 25.3 Å². The van der Waals surface area contributed by atoms with Crippen molar-refractivity contribution in [1.29, 1.82) is 0 Å². The van der Waals surface area contributed by atoms with Crippen molar-refractivity contribution >= 4 is 5.69 Å². The smallest absolute Gasteiger partial charge is 0.433 e. The van der Waals surface area contributed by atoms with Gasteiger partial charge in [-0.1, -0.05) is 0 Å². The highest BCUT2D eigenvalue weighted by atomic mass is 19.4. The molecular formula is C20H14F6N4O. The van der Waals surface area contributed by atoms with Gasteiger partial charge < -0.3 is 9.64 Å². The number of fused-ring (bicyclic) bond motifs is 1. The normalized spacial score (nSPS) is 14.3. The van der Waals surface area contributed by atoms with Gasteiger partial charge in [0.1, 0.15) is 17.8 Å². The number of pyridine rings is 1. The van der Waals surface area contributed by atoms with Crippen LogP contribution in [0.25, 0.3) is 0 Å². The Morgan fingerprint density at radius 3 is 2.29 bits per heavy atom. The van der Waals surface area contributed by atoms with Gasteiger partial charge in [0, 0.05) is 24.0 Å². The van der Waals surface area contributed by atoms with Crippen molar-refractivity contribution in [2.75, 3.05) is 11.4 Å². The van der Waals surface area contributed by atoms with E-state index in [1.165, 1.54) is 24.5 Å². The van der Waals surface area contributed by atoms with Crippen LogP contribution in [0.3, 0.4) is 0 Å². The second-order valence-electron chi connectivity index (χ2n) is 6.80. The van der Waals surface area contributed by atoms with E-state index in [1.807, 2.05) is 0 Å². The van der Waals surface area contributed by atoms with Crippen LogP contribution >= 0.6 is 0 Å². The first-order valence-electron chi connectivity index (χ1n) is 9.07. The van der Waals surface area contributed by atoms with Gasteiger partial charge in [0.15, 0.2) is 0 Å². The molecule has 0 N–H and O–H groups in total. The zero-order valence-corrected chi connectivity index (χ0v) is 15.7. The van der Waals surface area contributed by atoms with Crippen LogP contribution < -0.4 is 9.64 Å². The second kappa shape index (κ2) is 7.71. The van der Waals surface area contributed by atoms with Crippen LogP contribution in [0.4, 0.5) is 32.0 Å². The number of benzene rings is 1. The summed E-state index contributed by atoms with van der Waals surface area (Å²) < 4.78 is 82.6. The zero-order chi connectivity index (χ0) is 22.2. The lowest BCUT2D eigenvalue weighted by atomic mass is 10.1. The van der Waals surface area contributed by atoms with Crippen LogP contribution in [-0.4, -0.2) is 21.5 Å². The summed E-state index contributed by atoms with van der Waals surface area (Å²) >= 11 is 0. The van der Waals surface area contributed by atoms with Crippen LogP contribution in [0.2, 0.25) is 0 Å². The van der Waals surface area contributed by atoms with E-state index in [1.54, 1.807) is 4.90 Å². The van der Waals surface area contributed by atoms with Gasteiger partial charge in [0.05, 0.1) is 17.8 Å². The lowest BCUT2D eigenvalue weighted by Crippen LogP contribution is -2.31. The predicted octanol–water partition coefficient (Wildman–Crippen LogP) is 5.26. The minimum Gasteiger partial charge on any atom is -0.439 e. The number of ether oxygens (including phenoxy) is 1. The summed E-state index contributed by atoms with van der Waals surface area (Å²) in [6.07, 6.45) is -6.26. The SMILES string of the molecule is FC(F)(F)c1ccc(Oc2ncnc3c2CCN(c2ccnc(C(F)(F)F)c2)C3)cc1. The van der Waals surface area contributed by atoms with Gasteiger partial charge in [-0.25, -0.2) is 9.97 Å². The van der Waals surface area contributed by atoms with Crippen molar-refractivity contribution < 1.29 is 31.1 Å². The summed E-state index contributed by atoms with van der Waals surface area (Å²) in [5, 5.41) is 0. The fraction of sp³-hybridized carbons (Fsp3) is 0.250. The maximum Gasteiger partial charge on any atom is 0.433 e. The largest absolute Gasteiger partial charge is 0.439 e. The van der Waals surface area contributed by atoms with Crippen molar-refractivity contribution in [2.24, 2.45) is 0 Å². The zero-order valence-electron chi connectivity index (χ0n) is 15.7. The van der Waals surface area contributed by atoms with Crippen molar-refractivity contribution in [3.05, 3.63) is 71.4 Å². The molecule has 1 aromatic carbocycles. The van der Waals surface area contributed by atoms with Gasteiger partial charge >= 0.3 is 12.4 Å². The summed E-state index contributed by atoms with van der Waals surface area (Å²) in [7, 11) is 0. The predicted molar refractivity (Wildman–Crippen MR) is 97.5 cm³/mol. The summed E-state index contributed by atoms with van der Waals surface area (Å²) in [6.45, 7) is 0.605. The van der Waals surface area contributed by atoms with Crippen LogP contribution in [0.1, 0.15) is 22.5 Å². The molecule has 0 radical (unpaired) electrons. The van der Waals surface area contributed by atoms with Crippen molar-refractivity contribution in [3.63, 3.8) is 0 Å². The lowest BCUT2D eigenvalue weighted by Gasteiger charge is -2.30. The van der Waals surface area contributed by atoms with Gasteiger partial charge in [-0.2, -0.15) is 26.3 Å². The Kier molecular flexibility index (Phi) is 5.19. The van der Waals surface area contributed by atoms with E-state index in [9.17, 15) is 26.3 Å². The molecule has 3 aromatic rings. The van der Waals surface area contributed by atoms with E-state index >= 15 is 0 Å². The van der Waals surface area contributed by atoms with Gasteiger partial charge in [-0.3, -0.25) is 4.98 Å². The first kappa shape index (κ1) is 20.9. The Bertz CT molecular complexity index is 1080. The summed E-state index contributed by atoms with van der Waals surface area (Å²) in [5.74, 6) is 0.385. The quantitative estimate of drug-likeness (QED) is 0.520. The highest BCUT2D eigenvalue weighted by Gasteiger charge is 2.33. The summed E-state index contributed by atoms with van der Waals surface area (Å²) in [4.78, 5) is 13.4. The number of rotatable bonds is 3. The molecule has 162 valence electrons. The highest BCUT2D eigenvalue weighted by molar-refractivity contribution is 5.50. The third-order valence-corrected chi connectivity index (χ3v) is 4.76. The molecule has 0 saturated carbocycles. The molecule has 0 atom stereocenters. The van der Waals surface area contributed by atoms with E-state index in [4.69, 9.17) is 4.74 Å². The van der Waals surface area contributed by atoms with E-state index in [-0.39, 0.29) is 18.2 Å². The maximum atomic E-state index is 12.9. The molecule has 0 aliphatic carbocycles. The minimum atomic E-state index is -4.55. The Morgan fingerprint density at radius 1 is 0.871 bits per heavy atom. The topological polar surface area (TPSA) is 51.1 Å². The van der Waals surface area contributed by atoms with Crippen LogP contribution in [0.15, 0.2) is 48.9 Å². The Balaban J connectivity index is 1.54. The lowest BCUT2D eigenvalue weighted by molar-refractivity contribution is -0.141. The van der Waals surface area contributed by atoms with E-state index in [0.29, 0.717) is 29.9 Å². The van der Waals surface area contributed by atoms with Crippen LogP contribution in [0.5, 0.6) is 11.6 Å². The average molecular weight is 440 g/mol. The van der Waals surface area contributed by atoms with Crippen LogP contribution in [0, 0.1) is 0 Å². The molecule has 0 fully saturated rings. The van der Waals surface area contributed by atoms with Gasteiger partial charge in [-0.05, 0) is 42.8 Å². The molecule has 0 saturated heterocycles. The number of hydrogen-bond donors (Lipinski definition) is 0. The molecule has 4 rings (SSSR count). The first-order valence-corrected chi connectivity index (χ1v) is 9.07. The molecule has 3 heterocycles. The number of hydrogen-bond acceptors (Lipinski definition) is 5. The number of alkyl halides is 6. The Hall–Kier alpha value is -3.37. The van der Waals surface area contributed by atoms with E-state index < -0.39 is 23.6 Å². The number of aromatic nitrogens is 3. The highest BCUT2D eigenvalue weighted by Crippen LogP contribution is 2.34. The molecule has 11 heteroatoms. The molecule has 0 amide bonds. The molecule has 0 bridgehead atoms. The summed E-state index contributed by atoms with van der Waals surface area (Å²) in [5.41, 5.74) is -0.199. The first-order chi connectivity index (χ1) is 14.6. The Labute approximate surface area is 172 Å². The fourth-order valence-corrected chi connectivity index (χ4v) is 3.23. The van der Waals surface area contributed by atoms with Gasteiger partial charge in [0.25, 0.3) is 0 Å². The molecule has 1 aliphatic rings. The minimum absolute atomic E-state index is 0.181.